The van der Waals surface area contributed by atoms with E-state index in [9.17, 15) is 0 Å². The van der Waals surface area contributed by atoms with Crippen molar-refractivity contribution in [3.8, 4) is 0 Å². The summed E-state index contributed by atoms with van der Waals surface area (Å²) in [5.74, 6) is 1.55. The number of aromatic nitrogens is 2. The van der Waals surface area contributed by atoms with Gasteiger partial charge in [0.25, 0.3) is 0 Å². The molecule has 0 atom stereocenters. The fraction of sp³-hybridized carbons (Fsp3) is 0.0909. The van der Waals surface area contributed by atoms with Gasteiger partial charge in [-0.05, 0) is 28.1 Å². The summed E-state index contributed by atoms with van der Waals surface area (Å²) in [4.78, 5) is 8.13. The average Bonchev–Trinajstić information content (AvgIpc) is 2.31. The number of nitrogens with zero attached hydrogens (tertiary/aromatic N) is 2. The molecule has 0 saturated carbocycles. The van der Waals surface area contributed by atoms with E-state index in [2.05, 4.69) is 36.5 Å². The summed E-state index contributed by atoms with van der Waals surface area (Å²) in [6.07, 6.45) is 0. The lowest BCUT2D eigenvalue weighted by molar-refractivity contribution is 1.17. The van der Waals surface area contributed by atoms with Crippen LogP contribution in [0.1, 0.15) is 0 Å². The first-order valence-corrected chi connectivity index (χ1v) is 5.82. The fourth-order valence-corrected chi connectivity index (χ4v) is 1.74. The van der Waals surface area contributed by atoms with Crippen molar-refractivity contribution in [2.24, 2.45) is 0 Å². The first-order valence-electron chi connectivity index (χ1n) is 5.03. The molecule has 0 aliphatic carbocycles. The summed E-state index contributed by atoms with van der Waals surface area (Å²) in [5, 5.41) is 6.10. The van der Waals surface area contributed by atoms with E-state index in [1.165, 1.54) is 0 Å². The molecule has 0 unspecified atom stereocenters. The van der Waals surface area contributed by atoms with E-state index in [0.29, 0.717) is 11.6 Å². The third kappa shape index (κ3) is 2.85. The number of para-hydroxylation sites is 1. The minimum absolute atomic E-state index is 0.228. The second kappa shape index (κ2) is 5.01. The smallest absolute Gasteiger partial charge is 0.223 e. The van der Waals surface area contributed by atoms with Crippen molar-refractivity contribution in [2.75, 3.05) is 23.4 Å². The number of hydrogen-bond donors (Lipinski definition) is 3. The lowest BCUT2D eigenvalue weighted by atomic mass is 10.3. The van der Waals surface area contributed by atoms with E-state index in [4.69, 9.17) is 5.73 Å². The molecule has 1 aromatic heterocycles. The monoisotopic (exact) mass is 293 g/mol. The first kappa shape index (κ1) is 11.7. The predicted octanol–water partition coefficient (Wildman–Crippen LogP) is 2.61. The van der Waals surface area contributed by atoms with Gasteiger partial charge in [0, 0.05) is 17.6 Å². The highest BCUT2D eigenvalue weighted by atomic mass is 79.9. The summed E-state index contributed by atoms with van der Waals surface area (Å²) >= 11 is 3.46. The third-order valence-corrected chi connectivity index (χ3v) is 2.83. The summed E-state index contributed by atoms with van der Waals surface area (Å²) < 4.78 is 0.961. The van der Waals surface area contributed by atoms with Crippen LogP contribution < -0.4 is 16.4 Å². The Labute approximate surface area is 108 Å². The molecular formula is C11H12BrN5. The second-order valence-electron chi connectivity index (χ2n) is 3.35. The molecule has 0 spiro atoms. The highest BCUT2D eigenvalue weighted by molar-refractivity contribution is 9.10. The molecule has 0 aliphatic heterocycles. The van der Waals surface area contributed by atoms with Crippen molar-refractivity contribution in [3.05, 3.63) is 34.8 Å². The third-order valence-electron chi connectivity index (χ3n) is 2.14. The summed E-state index contributed by atoms with van der Waals surface area (Å²) in [5.41, 5.74) is 6.54. The maximum atomic E-state index is 5.61. The van der Waals surface area contributed by atoms with Crippen LogP contribution in [0.25, 0.3) is 0 Å². The Bertz CT molecular complexity index is 529. The number of rotatable bonds is 3. The van der Waals surface area contributed by atoms with Gasteiger partial charge < -0.3 is 16.4 Å². The highest BCUT2D eigenvalue weighted by Crippen LogP contribution is 2.25. The number of nitrogen functional groups attached to an aromatic ring is 1. The molecule has 17 heavy (non-hydrogen) atoms. The van der Waals surface area contributed by atoms with E-state index >= 15 is 0 Å². The number of halogens is 1. The molecule has 2 rings (SSSR count). The van der Waals surface area contributed by atoms with Crippen LogP contribution in [0.3, 0.4) is 0 Å². The standard InChI is InChI=1S/C11H12BrN5/c1-14-9-6-10(17-11(13)16-9)15-8-5-3-2-4-7(8)12/h2-6H,1H3,(H4,13,14,15,16,17). The number of anilines is 4. The van der Waals surface area contributed by atoms with Gasteiger partial charge in [-0.3, -0.25) is 0 Å². The summed E-state index contributed by atoms with van der Waals surface area (Å²) in [7, 11) is 1.78. The average molecular weight is 294 g/mol. The van der Waals surface area contributed by atoms with Crippen LogP contribution in [0.2, 0.25) is 0 Å². The molecule has 4 N–H and O–H groups in total. The zero-order chi connectivity index (χ0) is 12.3. The van der Waals surface area contributed by atoms with E-state index in [-0.39, 0.29) is 5.95 Å². The lowest BCUT2D eigenvalue weighted by Crippen LogP contribution is -2.03. The van der Waals surface area contributed by atoms with E-state index < -0.39 is 0 Å². The van der Waals surface area contributed by atoms with Gasteiger partial charge >= 0.3 is 0 Å². The van der Waals surface area contributed by atoms with Gasteiger partial charge in [0.05, 0.1) is 5.69 Å². The molecule has 88 valence electrons. The SMILES string of the molecule is CNc1cc(Nc2ccccc2Br)nc(N)n1. The molecule has 0 radical (unpaired) electrons. The number of hydrogen-bond acceptors (Lipinski definition) is 5. The maximum absolute atomic E-state index is 5.61. The van der Waals surface area contributed by atoms with Crippen molar-refractivity contribution in [1.82, 2.24) is 9.97 Å². The van der Waals surface area contributed by atoms with Crippen molar-refractivity contribution in [3.63, 3.8) is 0 Å². The molecular weight excluding hydrogens is 282 g/mol. The minimum atomic E-state index is 0.228. The fourth-order valence-electron chi connectivity index (χ4n) is 1.36. The summed E-state index contributed by atoms with van der Waals surface area (Å²) in [6.45, 7) is 0. The van der Waals surface area contributed by atoms with Gasteiger partial charge in [-0.1, -0.05) is 12.1 Å². The largest absolute Gasteiger partial charge is 0.373 e. The molecule has 6 heteroatoms. The Hall–Kier alpha value is -1.82. The van der Waals surface area contributed by atoms with E-state index in [0.717, 1.165) is 10.2 Å². The van der Waals surface area contributed by atoms with Gasteiger partial charge in [-0.25, -0.2) is 0 Å². The van der Waals surface area contributed by atoms with Crippen LogP contribution >= 0.6 is 15.9 Å². The molecule has 2 aromatic rings. The molecule has 1 heterocycles. The van der Waals surface area contributed by atoms with Crippen molar-refractivity contribution < 1.29 is 0 Å². The summed E-state index contributed by atoms with van der Waals surface area (Å²) in [6, 6.07) is 9.57. The minimum Gasteiger partial charge on any atom is -0.373 e. The van der Waals surface area contributed by atoms with Crippen LogP contribution in [-0.4, -0.2) is 17.0 Å². The van der Waals surface area contributed by atoms with Crippen LogP contribution in [-0.2, 0) is 0 Å². The Balaban J connectivity index is 2.30. The van der Waals surface area contributed by atoms with Crippen LogP contribution in [0, 0.1) is 0 Å². The van der Waals surface area contributed by atoms with Gasteiger partial charge in [0.1, 0.15) is 11.6 Å². The molecule has 0 aliphatic rings. The lowest BCUT2D eigenvalue weighted by Gasteiger charge is -2.09. The number of benzene rings is 1. The molecule has 0 fully saturated rings. The van der Waals surface area contributed by atoms with Gasteiger partial charge in [-0.2, -0.15) is 9.97 Å². The van der Waals surface area contributed by atoms with Crippen LogP contribution in [0.15, 0.2) is 34.8 Å². The molecule has 1 aromatic carbocycles. The van der Waals surface area contributed by atoms with Crippen molar-refractivity contribution in [1.29, 1.82) is 0 Å². The number of nitrogens with two attached hydrogens (primary N) is 1. The predicted molar refractivity (Wildman–Crippen MR) is 73.4 cm³/mol. The Morgan fingerprint density at radius 2 is 1.88 bits per heavy atom. The molecule has 0 saturated heterocycles. The maximum Gasteiger partial charge on any atom is 0.223 e. The van der Waals surface area contributed by atoms with Gasteiger partial charge in [-0.15, -0.1) is 0 Å². The van der Waals surface area contributed by atoms with Crippen LogP contribution in [0.5, 0.6) is 0 Å². The topological polar surface area (TPSA) is 75.9 Å². The van der Waals surface area contributed by atoms with Gasteiger partial charge in [0.15, 0.2) is 0 Å². The second-order valence-corrected chi connectivity index (χ2v) is 4.21. The van der Waals surface area contributed by atoms with E-state index in [1.54, 1.807) is 13.1 Å². The van der Waals surface area contributed by atoms with E-state index in [1.807, 2.05) is 24.3 Å². The van der Waals surface area contributed by atoms with Gasteiger partial charge in [0.2, 0.25) is 5.95 Å². The van der Waals surface area contributed by atoms with Crippen molar-refractivity contribution in [2.45, 2.75) is 0 Å². The quantitative estimate of drug-likeness (QED) is 0.811. The highest BCUT2D eigenvalue weighted by Gasteiger charge is 2.03. The molecule has 0 bridgehead atoms. The Morgan fingerprint density at radius 1 is 1.18 bits per heavy atom. The Morgan fingerprint density at radius 3 is 2.59 bits per heavy atom. The molecule has 0 amide bonds. The van der Waals surface area contributed by atoms with Crippen LogP contribution in [0.4, 0.5) is 23.3 Å². The van der Waals surface area contributed by atoms with Crippen molar-refractivity contribution >= 4 is 39.2 Å². The zero-order valence-corrected chi connectivity index (χ0v) is 10.8. The number of nitrogens with one attached hydrogen (secondary N) is 2. The molecule has 5 nitrogen and oxygen atoms in total. The normalized spacial score (nSPS) is 10.0. The Kier molecular flexibility index (Phi) is 3.43. The first-order chi connectivity index (χ1) is 8.19. The zero-order valence-electron chi connectivity index (χ0n) is 9.24.